The lowest BCUT2D eigenvalue weighted by molar-refractivity contribution is -0.155. The molecule has 0 radical (unpaired) electrons. The molecule has 142 valence electrons. The molecule has 1 rings (SSSR count). The van der Waals surface area contributed by atoms with Crippen molar-refractivity contribution in [3.8, 4) is 0 Å². The average Bonchev–Trinajstić information content (AvgIpc) is 2.43. The minimum absolute atomic E-state index is 0.00638. The number of benzene rings is 1. The molecular weight excluding hydrogens is 354 g/mol. The van der Waals surface area contributed by atoms with Gasteiger partial charge in [0.05, 0.1) is 4.90 Å². The van der Waals surface area contributed by atoms with Gasteiger partial charge < -0.3 is 9.64 Å². The van der Waals surface area contributed by atoms with Gasteiger partial charge in [0.1, 0.15) is 12.1 Å². The van der Waals surface area contributed by atoms with Crippen LogP contribution in [0.15, 0.2) is 23.1 Å². The van der Waals surface area contributed by atoms with E-state index >= 15 is 0 Å². The molecule has 0 unspecified atom stereocenters. The highest BCUT2D eigenvalue weighted by Gasteiger charge is 2.29. The molecule has 0 saturated carbocycles. The fourth-order valence-electron chi connectivity index (χ4n) is 1.90. The third kappa shape index (κ3) is 6.68. The first-order valence-corrected chi connectivity index (χ1v) is 9.09. The number of carbonyl (C=O) groups is 1. The highest BCUT2D eigenvalue weighted by Crippen LogP contribution is 2.19. The van der Waals surface area contributed by atoms with Crippen LogP contribution < -0.4 is 0 Å². The van der Waals surface area contributed by atoms with Gasteiger partial charge in [-0.2, -0.15) is 4.31 Å². The maximum atomic E-state index is 13.4. The Hall–Kier alpha value is -1.58. The summed E-state index contributed by atoms with van der Waals surface area (Å²) in [5.41, 5.74) is -0.768. The van der Waals surface area contributed by atoms with E-state index in [2.05, 4.69) is 0 Å². The maximum absolute atomic E-state index is 13.4. The second-order valence-electron chi connectivity index (χ2n) is 6.80. The highest BCUT2D eigenvalue weighted by molar-refractivity contribution is 7.89. The molecule has 0 aromatic heterocycles. The standard InChI is InChI=1S/C16H24F2N2O4S/c1-16(2,3)24-15(21)11-20(9-8-19(4)5)25(22,23)12-6-7-13(17)14(18)10-12/h6-7,10H,8-9,11H2,1-5H3. The zero-order valence-electron chi connectivity index (χ0n) is 15.0. The van der Waals surface area contributed by atoms with Crippen molar-refractivity contribution >= 4 is 16.0 Å². The summed E-state index contributed by atoms with van der Waals surface area (Å²) < 4.78 is 58.0. The Labute approximate surface area is 147 Å². The Kier molecular flexibility index (Phi) is 7.04. The predicted octanol–water partition coefficient (Wildman–Crippen LogP) is 1.86. The molecule has 0 amide bonds. The zero-order chi connectivity index (χ0) is 19.4. The van der Waals surface area contributed by atoms with E-state index in [-0.39, 0.29) is 6.54 Å². The number of halogens is 2. The lowest BCUT2D eigenvalue weighted by Gasteiger charge is -2.25. The van der Waals surface area contributed by atoms with E-state index in [1.807, 2.05) is 0 Å². The Bertz CT molecular complexity index is 715. The molecule has 0 aliphatic heterocycles. The minimum atomic E-state index is -4.19. The smallest absolute Gasteiger partial charge is 0.321 e. The summed E-state index contributed by atoms with van der Waals surface area (Å²) >= 11 is 0. The van der Waals surface area contributed by atoms with Crippen LogP contribution in [0.3, 0.4) is 0 Å². The molecule has 1 aromatic carbocycles. The van der Waals surface area contributed by atoms with E-state index in [0.29, 0.717) is 12.6 Å². The van der Waals surface area contributed by atoms with Crippen LogP contribution in [0.5, 0.6) is 0 Å². The van der Waals surface area contributed by atoms with Crippen LogP contribution in [0.2, 0.25) is 0 Å². The molecule has 0 aliphatic carbocycles. The van der Waals surface area contributed by atoms with E-state index in [0.717, 1.165) is 16.4 Å². The van der Waals surface area contributed by atoms with Gasteiger partial charge >= 0.3 is 5.97 Å². The Morgan fingerprint density at radius 2 is 1.72 bits per heavy atom. The minimum Gasteiger partial charge on any atom is -0.459 e. The molecule has 0 saturated heterocycles. The summed E-state index contributed by atoms with van der Waals surface area (Å²) in [6.45, 7) is 4.81. The van der Waals surface area contributed by atoms with Crippen molar-refractivity contribution in [2.45, 2.75) is 31.3 Å². The Morgan fingerprint density at radius 1 is 1.12 bits per heavy atom. The third-order valence-corrected chi connectivity index (χ3v) is 4.89. The van der Waals surface area contributed by atoms with Crippen molar-refractivity contribution in [1.82, 2.24) is 9.21 Å². The van der Waals surface area contributed by atoms with Crippen molar-refractivity contribution in [3.05, 3.63) is 29.8 Å². The summed E-state index contributed by atoms with van der Waals surface area (Å²) in [5, 5.41) is 0. The van der Waals surface area contributed by atoms with Crippen LogP contribution in [0.4, 0.5) is 8.78 Å². The fourth-order valence-corrected chi connectivity index (χ4v) is 3.29. The van der Waals surface area contributed by atoms with Crippen LogP contribution in [0.25, 0.3) is 0 Å². The normalized spacial score (nSPS) is 12.7. The van der Waals surface area contributed by atoms with Gasteiger partial charge in [0.25, 0.3) is 0 Å². The van der Waals surface area contributed by atoms with Gasteiger partial charge in [-0.3, -0.25) is 4.79 Å². The first-order chi connectivity index (χ1) is 11.3. The summed E-state index contributed by atoms with van der Waals surface area (Å²) in [4.78, 5) is 13.4. The summed E-state index contributed by atoms with van der Waals surface area (Å²) in [7, 11) is -0.696. The van der Waals surface area contributed by atoms with Gasteiger partial charge in [0, 0.05) is 13.1 Å². The number of hydrogen-bond donors (Lipinski definition) is 0. The number of rotatable bonds is 7. The summed E-state index contributed by atoms with van der Waals surface area (Å²) in [6, 6.07) is 2.30. The molecule has 0 heterocycles. The second-order valence-corrected chi connectivity index (χ2v) is 8.74. The monoisotopic (exact) mass is 378 g/mol. The molecule has 0 spiro atoms. The van der Waals surface area contributed by atoms with Gasteiger partial charge in [0.15, 0.2) is 11.6 Å². The SMILES string of the molecule is CN(C)CCN(CC(=O)OC(C)(C)C)S(=O)(=O)c1ccc(F)c(F)c1. The van der Waals surface area contributed by atoms with Crippen LogP contribution >= 0.6 is 0 Å². The van der Waals surface area contributed by atoms with E-state index in [1.54, 1.807) is 39.8 Å². The van der Waals surface area contributed by atoms with Crippen LogP contribution in [-0.4, -0.2) is 62.9 Å². The van der Waals surface area contributed by atoms with Crippen molar-refractivity contribution < 1.29 is 26.7 Å². The molecule has 0 fully saturated rings. The third-order valence-electron chi connectivity index (χ3n) is 3.05. The number of likely N-dealkylation sites (N-methyl/N-ethyl adjacent to an activating group) is 1. The second kappa shape index (κ2) is 8.20. The van der Waals surface area contributed by atoms with Crippen LogP contribution in [0.1, 0.15) is 20.8 Å². The van der Waals surface area contributed by atoms with Crippen LogP contribution in [0, 0.1) is 11.6 Å². The van der Waals surface area contributed by atoms with Crippen LogP contribution in [-0.2, 0) is 19.6 Å². The quantitative estimate of drug-likeness (QED) is 0.678. The highest BCUT2D eigenvalue weighted by atomic mass is 32.2. The lowest BCUT2D eigenvalue weighted by Crippen LogP contribution is -2.42. The first kappa shape index (κ1) is 21.5. The molecule has 25 heavy (non-hydrogen) atoms. The number of sulfonamides is 1. The average molecular weight is 378 g/mol. The Morgan fingerprint density at radius 3 is 2.20 bits per heavy atom. The summed E-state index contributed by atoms with van der Waals surface area (Å²) in [6.07, 6.45) is 0. The Balaban J connectivity index is 3.11. The van der Waals surface area contributed by atoms with Gasteiger partial charge in [-0.25, -0.2) is 17.2 Å². The van der Waals surface area contributed by atoms with Crippen molar-refractivity contribution in [2.24, 2.45) is 0 Å². The van der Waals surface area contributed by atoms with E-state index in [9.17, 15) is 22.0 Å². The van der Waals surface area contributed by atoms with E-state index in [1.165, 1.54) is 0 Å². The lowest BCUT2D eigenvalue weighted by atomic mass is 10.2. The van der Waals surface area contributed by atoms with E-state index in [4.69, 9.17) is 4.74 Å². The first-order valence-electron chi connectivity index (χ1n) is 7.65. The number of hydrogen-bond acceptors (Lipinski definition) is 5. The molecule has 0 aliphatic rings. The van der Waals surface area contributed by atoms with Gasteiger partial charge in [-0.1, -0.05) is 0 Å². The van der Waals surface area contributed by atoms with Crippen molar-refractivity contribution in [2.75, 3.05) is 33.7 Å². The largest absolute Gasteiger partial charge is 0.459 e. The van der Waals surface area contributed by atoms with Gasteiger partial charge in [0.2, 0.25) is 10.0 Å². The number of nitrogens with zero attached hydrogens (tertiary/aromatic N) is 2. The summed E-state index contributed by atoms with van der Waals surface area (Å²) in [5.74, 6) is -3.14. The van der Waals surface area contributed by atoms with Crippen molar-refractivity contribution in [3.63, 3.8) is 0 Å². The van der Waals surface area contributed by atoms with E-state index < -0.39 is 44.7 Å². The van der Waals surface area contributed by atoms with Crippen molar-refractivity contribution in [1.29, 1.82) is 0 Å². The van der Waals surface area contributed by atoms with Gasteiger partial charge in [-0.15, -0.1) is 0 Å². The number of carbonyl (C=O) groups excluding carboxylic acids is 1. The molecule has 1 aromatic rings. The molecule has 0 atom stereocenters. The van der Waals surface area contributed by atoms with Gasteiger partial charge in [-0.05, 0) is 53.1 Å². The molecule has 9 heteroatoms. The fraction of sp³-hybridized carbons (Fsp3) is 0.562. The topological polar surface area (TPSA) is 66.9 Å². The maximum Gasteiger partial charge on any atom is 0.321 e. The predicted molar refractivity (Wildman–Crippen MR) is 89.5 cm³/mol. The zero-order valence-corrected chi connectivity index (χ0v) is 15.9. The molecular formula is C16H24F2N2O4S. The number of ether oxygens (including phenoxy) is 1. The molecule has 0 bridgehead atoms. The molecule has 0 N–H and O–H groups in total. The number of esters is 1. The molecule has 6 nitrogen and oxygen atoms in total.